The Bertz CT molecular complexity index is 772. The molecule has 21 heavy (non-hydrogen) atoms. The van der Waals surface area contributed by atoms with Crippen molar-refractivity contribution in [2.45, 2.75) is 13.3 Å². The van der Waals surface area contributed by atoms with Crippen molar-refractivity contribution in [3.05, 3.63) is 49.9 Å². The van der Waals surface area contributed by atoms with Crippen LogP contribution in [0.5, 0.6) is 0 Å². The molecule has 0 aliphatic carbocycles. The van der Waals surface area contributed by atoms with Gasteiger partial charge < -0.3 is 5.32 Å². The molecule has 0 radical (unpaired) electrons. The molecule has 0 spiro atoms. The van der Waals surface area contributed by atoms with E-state index in [-0.39, 0.29) is 0 Å². The summed E-state index contributed by atoms with van der Waals surface area (Å²) in [5, 5.41) is 8.38. The van der Waals surface area contributed by atoms with Crippen molar-refractivity contribution in [3.8, 4) is 0 Å². The maximum absolute atomic E-state index is 11.5. The molecule has 2 aromatic rings. The predicted octanol–water partition coefficient (Wildman–Crippen LogP) is 3.87. The molecule has 1 N–H and O–H groups in total. The normalized spacial score (nSPS) is 13.4. The summed E-state index contributed by atoms with van der Waals surface area (Å²) < 4.78 is 0. The van der Waals surface area contributed by atoms with Crippen molar-refractivity contribution < 1.29 is 4.79 Å². The summed E-state index contributed by atoms with van der Waals surface area (Å²) in [5.74, 6) is 0.0315. The molecule has 7 heteroatoms. The average Bonchev–Trinajstić information content (AvgIpc) is 3.06. The number of hydrogen-bond donors (Lipinski definition) is 1. The van der Waals surface area contributed by atoms with Gasteiger partial charge in [0.05, 0.1) is 0 Å². The lowest BCUT2D eigenvalue weighted by atomic mass is 10.1. The maximum Gasteiger partial charge on any atom is 0.327 e. The van der Waals surface area contributed by atoms with Crippen LogP contribution in [0.25, 0.3) is 5.70 Å². The van der Waals surface area contributed by atoms with Crippen LogP contribution >= 0.6 is 22.7 Å². The van der Waals surface area contributed by atoms with E-state index in [2.05, 4.69) is 22.1 Å². The van der Waals surface area contributed by atoms with E-state index in [0.29, 0.717) is 27.6 Å². The zero-order valence-electron chi connectivity index (χ0n) is 11.2. The SMILES string of the molecule is C=C1NC(Cc2cccs2)=Nc2sc(C(=O)N=O)c(C)c21. The highest BCUT2D eigenvalue weighted by atomic mass is 32.1. The maximum atomic E-state index is 11.5. The van der Waals surface area contributed by atoms with Crippen LogP contribution < -0.4 is 5.32 Å². The van der Waals surface area contributed by atoms with E-state index in [1.165, 1.54) is 16.2 Å². The monoisotopic (exact) mass is 317 g/mol. The van der Waals surface area contributed by atoms with E-state index >= 15 is 0 Å². The zero-order valence-corrected chi connectivity index (χ0v) is 12.8. The molecule has 2 aromatic heterocycles. The molecule has 0 saturated heterocycles. The van der Waals surface area contributed by atoms with Crippen LogP contribution in [0.2, 0.25) is 0 Å². The fraction of sp³-hybridized carbons (Fsp3) is 0.143. The second-order valence-electron chi connectivity index (χ2n) is 4.55. The minimum Gasteiger partial charge on any atom is -0.343 e. The minimum absolute atomic E-state index is 0.332. The van der Waals surface area contributed by atoms with Crippen LogP contribution in [0, 0.1) is 11.8 Å². The number of nitrogens with zero attached hydrogens (tertiary/aromatic N) is 2. The van der Waals surface area contributed by atoms with Crippen molar-refractivity contribution in [2.24, 2.45) is 10.2 Å². The molecule has 106 valence electrons. The Labute approximate surface area is 129 Å². The first-order valence-electron chi connectivity index (χ1n) is 6.17. The fourth-order valence-corrected chi connectivity index (χ4v) is 4.04. The lowest BCUT2D eigenvalue weighted by Crippen LogP contribution is -2.25. The number of carbonyl (C=O) groups excluding carboxylic acids is 1. The number of amides is 1. The summed E-state index contributed by atoms with van der Waals surface area (Å²) in [6.07, 6.45) is 0.683. The standard InChI is InChI=1S/C14H11N3O2S2/c1-7-11-8(2)15-10(6-9-4-3-5-20-9)16-14(11)21-12(7)13(18)17-19/h3-5H,2,6H2,1H3,(H,15,16). The number of fused-ring (bicyclic) bond motifs is 1. The van der Waals surface area contributed by atoms with E-state index in [1.807, 2.05) is 17.5 Å². The molecule has 5 nitrogen and oxygen atoms in total. The summed E-state index contributed by atoms with van der Waals surface area (Å²) >= 11 is 2.84. The quantitative estimate of drug-likeness (QED) is 0.873. The van der Waals surface area contributed by atoms with Gasteiger partial charge in [-0.1, -0.05) is 12.6 Å². The summed E-state index contributed by atoms with van der Waals surface area (Å²) in [6, 6.07) is 4.03. The third kappa shape index (κ3) is 2.45. The van der Waals surface area contributed by atoms with Gasteiger partial charge in [0, 0.05) is 27.7 Å². The highest BCUT2D eigenvalue weighted by Crippen LogP contribution is 2.41. The Kier molecular flexibility index (Phi) is 3.52. The zero-order chi connectivity index (χ0) is 15.0. The third-order valence-electron chi connectivity index (χ3n) is 3.16. The van der Waals surface area contributed by atoms with Crippen LogP contribution in [-0.4, -0.2) is 11.7 Å². The number of hydrogen-bond acceptors (Lipinski definition) is 6. The second-order valence-corrected chi connectivity index (χ2v) is 6.58. The summed E-state index contributed by atoms with van der Waals surface area (Å²) in [5.41, 5.74) is 2.20. The molecule has 0 bridgehead atoms. The van der Waals surface area contributed by atoms with Crippen molar-refractivity contribution in [1.29, 1.82) is 0 Å². The van der Waals surface area contributed by atoms with Crippen LogP contribution in [0.4, 0.5) is 5.00 Å². The molecule has 1 aliphatic rings. The van der Waals surface area contributed by atoms with Crippen LogP contribution in [0.3, 0.4) is 0 Å². The number of nitrogens with one attached hydrogen (secondary N) is 1. The molecule has 3 heterocycles. The first-order chi connectivity index (χ1) is 10.1. The predicted molar refractivity (Wildman–Crippen MR) is 86.5 cm³/mol. The van der Waals surface area contributed by atoms with E-state index < -0.39 is 5.91 Å². The van der Waals surface area contributed by atoms with Crippen molar-refractivity contribution in [2.75, 3.05) is 0 Å². The molecule has 1 aliphatic heterocycles. The van der Waals surface area contributed by atoms with Crippen molar-refractivity contribution >= 4 is 45.1 Å². The Balaban J connectivity index is 2.01. The highest BCUT2D eigenvalue weighted by Gasteiger charge is 2.25. The van der Waals surface area contributed by atoms with Gasteiger partial charge in [-0.15, -0.1) is 27.6 Å². The number of nitroso groups, excluding NO2 is 1. The smallest absolute Gasteiger partial charge is 0.327 e. The van der Waals surface area contributed by atoms with Gasteiger partial charge in [-0.25, -0.2) is 4.99 Å². The summed E-state index contributed by atoms with van der Waals surface area (Å²) in [4.78, 5) is 28.1. The Hall–Kier alpha value is -2.12. The second kappa shape index (κ2) is 5.34. The van der Waals surface area contributed by atoms with E-state index in [4.69, 9.17) is 0 Å². The molecule has 0 saturated carbocycles. The highest BCUT2D eigenvalue weighted by molar-refractivity contribution is 7.18. The van der Waals surface area contributed by atoms with E-state index in [0.717, 1.165) is 11.4 Å². The van der Waals surface area contributed by atoms with Gasteiger partial charge >= 0.3 is 5.91 Å². The number of thiophene rings is 2. The van der Waals surface area contributed by atoms with Gasteiger partial charge in [0.1, 0.15) is 15.7 Å². The lowest BCUT2D eigenvalue weighted by Gasteiger charge is -2.17. The van der Waals surface area contributed by atoms with E-state index in [1.54, 1.807) is 18.3 Å². The molecule has 3 rings (SSSR count). The summed E-state index contributed by atoms with van der Waals surface area (Å²) in [7, 11) is 0. The summed E-state index contributed by atoms with van der Waals surface area (Å²) in [6.45, 7) is 5.77. The minimum atomic E-state index is -0.755. The van der Waals surface area contributed by atoms with Gasteiger partial charge in [-0.05, 0) is 23.9 Å². The van der Waals surface area contributed by atoms with Gasteiger partial charge in [0.2, 0.25) is 0 Å². The number of aliphatic imine (C=N–C) groups is 1. The lowest BCUT2D eigenvalue weighted by molar-refractivity contribution is 0.100. The van der Waals surface area contributed by atoms with Crippen LogP contribution in [-0.2, 0) is 6.42 Å². The first-order valence-corrected chi connectivity index (χ1v) is 7.87. The first kappa shape index (κ1) is 13.8. The topological polar surface area (TPSA) is 70.9 Å². The van der Waals surface area contributed by atoms with Gasteiger partial charge in [-0.3, -0.25) is 4.79 Å². The molecular weight excluding hydrogens is 306 g/mol. The van der Waals surface area contributed by atoms with Crippen LogP contribution in [0.1, 0.15) is 25.7 Å². The number of rotatable bonds is 3. The Morgan fingerprint density at radius 2 is 2.33 bits per heavy atom. The van der Waals surface area contributed by atoms with Gasteiger partial charge in [0.25, 0.3) is 0 Å². The fourth-order valence-electron chi connectivity index (χ4n) is 2.23. The number of amidine groups is 1. The molecule has 0 unspecified atom stereocenters. The van der Waals surface area contributed by atoms with Crippen molar-refractivity contribution in [1.82, 2.24) is 5.32 Å². The third-order valence-corrected chi connectivity index (χ3v) is 5.21. The van der Waals surface area contributed by atoms with Gasteiger partial charge in [0.15, 0.2) is 0 Å². The molecule has 1 amide bonds. The largest absolute Gasteiger partial charge is 0.343 e. The van der Waals surface area contributed by atoms with E-state index in [9.17, 15) is 9.70 Å². The molecule has 0 fully saturated rings. The molecular formula is C14H11N3O2S2. The Morgan fingerprint density at radius 3 is 3.00 bits per heavy atom. The van der Waals surface area contributed by atoms with Crippen LogP contribution in [0.15, 0.2) is 34.3 Å². The molecule has 0 atom stereocenters. The van der Waals surface area contributed by atoms with Gasteiger partial charge in [-0.2, -0.15) is 0 Å². The molecule has 0 aromatic carbocycles. The Morgan fingerprint density at radius 1 is 1.52 bits per heavy atom. The average molecular weight is 317 g/mol. The van der Waals surface area contributed by atoms with Crippen molar-refractivity contribution in [3.63, 3.8) is 0 Å². The number of carbonyl (C=O) groups is 1.